The largest absolute Gasteiger partial charge is 0.506 e. The van der Waals surface area contributed by atoms with Crippen molar-refractivity contribution in [3.05, 3.63) is 24.0 Å². The van der Waals surface area contributed by atoms with Gasteiger partial charge >= 0.3 is 10.2 Å². The van der Waals surface area contributed by atoms with E-state index in [4.69, 9.17) is 4.74 Å². The molecule has 0 aromatic heterocycles. The van der Waals surface area contributed by atoms with Gasteiger partial charge in [-0.05, 0) is 12.1 Å². The van der Waals surface area contributed by atoms with E-state index < -0.39 is 21.8 Å². The summed E-state index contributed by atoms with van der Waals surface area (Å²) in [7, 11) is -3.75. The van der Waals surface area contributed by atoms with Gasteiger partial charge < -0.3 is 9.84 Å². The maximum atomic E-state index is 12.8. The van der Waals surface area contributed by atoms with E-state index in [0.717, 1.165) is 12.1 Å². The molecule has 100 valence electrons. The maximum absolute atomic E-state index is 12.8. The van der Waals surface area contributed by atoms with Crippen LogP contribution in [0.3, 0.4) is 0 Å². The summed E-state index contributed by atoms with van der Waals surface area (Å²) in [6, 6.07) is 3.08. The molecule has 0 aliphatic carbocycles. The van der Waals surface area contributed by atoms with Gasteiger partial charge in [0, 0.05) is 19.2 Å². The number of morpholine rings is 1. The first kappa shape index (κ1) is 13.1. The van der Waals surface area contributed by atoms with E-state index in [0.29, 0.717) is 13.2 Å². The van der Waals surface area contributed by atoms with Gasteiger partial charge in [0.1, 0.15) is 11.6 Å². The first-order chi connectivity index (χ1) is 8.49. The molecule has 1 aromatic carbocycles. The van der Waals surface area contributed by atoms with Gasteiger partial charge in [-0.2, -0.15) is 12.7 Å². The molecule has 1 aliphatic heterocycles. The van der Waals surface area contributed by atoms with Crippen molar-refractivity contribution >= 4 is 15.9 Å². The lowest BCUT2D eigenvalue weighted by atomic mass is 10.3. The van der Waals surface area contributed by atoms with Crippen LogP contribution in [-0.2, 0) is 14.9 Å². The minimum Gasteiger partial charge on any atom is -0.506 e. The summed E-state index contributed by atoms with van der Waals surface area (Å²) < 4.78 is 45.1. The molecule has 0 spiro atoms. The van der Waals surface area contributed by atoms with E-state index in [1.807, 2.05) is 0 Å². The van der Waals surface area contributed by atoms with Crippen LogP contribution < -0.4 is 4.72 Å². The third-order valence-corrected chi connectivity index (χ3v) is 4.03. The van der Waals surface area contributed by atoms with Crippen molar-refractivity contribution < 1.29 is 22.7 Å². The van der Waals surface area contributed by atoms with Gasteiger partial charge in [-0.1, -0.05) is 0 Å². The molecule has 1 aromatic rings. The van der Waals surface area contributed by atoms with Gasteiger partial charge in [0.25, 0.3) is 0 Å². The second-order valence-corrected chi connectivity index (χ2v) is 5.45. The Morgan fingerprint density at radius 1 is 1.33 bits per heavy atom. The summed E-state index contributed by atoms with van der Waals surface area (Å²) in [5.74, 6) is -1.09. The molecule has 1 fully saturated rings. The van der Waals surface area contributed by atoms with Crippen molar-refractivity contribution in [1.29, 1.82) is 0 Å². The Kier molecular flexibility index (Phi) is 3.69. The highest BCUT2D eigenvalue weighted by Gasteiger charge is 2.24. The summed E-state index contributed by atoms with van der Waals surface area (Å²) >= 11 is 0. The molecule has 0 unspecified atom stereocenters. The molecule has 6 nitrogen and oxygen atoms in total. The Morgan fingerprint density at radius 2 is 2.00 bits per heavy atom. The first-order valence-corrected chi connectivity index (χ1v) is 6.77. The Hall–Kier alpha value is -1.38. The minimum atomic E-state index is -3.75. The van der Waals surface area contributed by atoms with Crippen LogP contribution in [0.15, 0.2) is 18.2 Å². The van der Waals surface area contributed by atoms with Crippen LogP contribution in [0.2, 0.25) is 0 Å². The molecule has 1 saturated heterocycles. The van der Waals surface area contributed by atoms with Crippen molar-refractivity contribution in [2.24, 2.45) is 0 Å². The summed E-state index contributed by atoms with van der Waals surface area (Å²) in [5, 5.41) is 9.44. The van der Waals surface area contributed by atoms with Crippen LogP contribution in [-0.4, -0.2) is 44.1 Å². The number of hydrogen-bond acceptors (Lipinski definition) is 4. The third-order valence-electron chi connectivity index (χ3n) is 2.51. The number of benzene rings is 1. The summed E-state index contributed by atoms with van der Waals surface area (Å²) in [4.78, 5) is 0. The van der Waals surface area contributed by atoms with Crippen LogP contribution in [0, 0.1) is 5.82 Å². The van der Waals surface area contributed by atoms with Crippen molar-refractivity contribution in [2.45, 2.75) is 0 Å². The zero-order valence-corrected chi connectivity index (χ0v) is 10.3. The third kappa shape index (κ3) is 2.89. The summed E-state index contributed by atoms with van der Waals surface area (Å²) in [6.07, 6.45) is 0. The molecule has 1 aliphatic rings. The predicted octanol–water partition coefficient (Wildman–Crippen LogP) is 0.520. The van der Waals surface area contributed by atoms with E-state index in [1.165, 1.54) is 10.4 Å². The van der Waals surface area contributed by atoms with Crippen LogP contribution >= 0.6 is 0 Å². The monoisotopic (exact) mass is 276 g/mol. The van der Waals surface area contributed by atoms with Gasteiger partial charge in [-0.3, -0.25) is 4.72 Å². The number of anilines is 1. The van der Waals surface area contributed by atoms with Gasteiger partial charge in [0.15, 0.2) is 0 Å². The lowest BCUT2D eigenvalue weighted by Gasteiger charge is -2.26. The molecule has 0 bridgehead atoms. The Labute approximate surface area is 104 Å². The topological polar surface area (TPSA) is 78.9 Å². The van der Waals surface area contributed by atoms with Crippen LogP contribution in [0.5, 0.6) is 5.75 Å². The number of phenols is 1. The standard InChI is InChI=1S/C10H13FN2O4S/c11-8-1-2-9(10(14)7-8)12-18(15,16)13-3-5-17-6-4-13/h1-2,7,12,14H,3-6H2. The number of rotatable bonds is 3. The molecule has 1 heterocycles. The van der Waals surface area contributed by atoms with Crippen LogP contribution in [0.4, 0.5) is 10.1 Å². The smallest absolute Gasteiger partial charge is 0.301 e. The summed E-state index contributed by atoms with van der Waals surface area (Å²) in [6.45, 7) is 1.15. The molecular weight excluding hydrogens is 263 g/mol. The number of phenolic OH excluding ortho intramolecular Hbond substituents is 1. The average molecular weight is 276 g/mol. The van der Waals surface area contributed by atoms with Gasteiger partial charge in [-0.15, -0.1) is 0 Å². The molecule has 2 rings (SSSR count). The fourth-order valence-corrected chi connectivity index (χ4v) is 2.79. The number of nitrogens with zero attached hydrogens (tertiary/aromatic N) is 1. The van der Waals surface area contributed by atoms with Crippen molar-refractivity contribution in [2.75, 3.05) is 31.0 Å². The number of nitrogens with one attached hydrogen (secondary N) is 1. The van der Waals surface area contributed by atoms with Crippen molar-refractivity contribution in [1.82, 2.24) is 4.31 Å². The molecule has 0 amide bonds. The Balaban J connectivity index is 2.16. The zero-order valence-electron chi connectivity index (χ0n) is 9.47. The fourth-order valence-electron chi connectivity index (χ4n) is 1.58. The zero-order chi connectivity index (χ0) is 13.2. The first-order valence-electron chi connectivity index (χ1n) is 5.33. The van der Waals surface area contributed by atoms with Gasteiger partial charge in [0.2, 0.25) is 0 Å². The van der Waals surface area contributed by atoms with Crippen molar-refractivity contribution in [3.8, 4) is 5.75 Å². The molecule has 0 radical (unpaired) electrons. The number of halogens is 1. The molecule has 0 saturated carbocycles. The Bertz CT molecular complexity index is 529. The van der Waals surface area contributed by atoms with Gasteiger partial charge in [-0.25, -0.2) is 4.39 Å². The van der Waals surface area contributed by atoms with Crippen molar-refractivity contribution in [3.63, 3.8) is 0 Å². The van der Waals surface area contributed by atoms with E-state index in [2.05, 4.69) is 4.72 Å². The highest BCUT2D eigenvalue weighted by Crippen LogP contribution is 2.25. The molecular formula is C10H13FN2O4S. The highest BCUT2D eigenvalue weighted by molar-refractivity contribution is 7.90. The number of hydrogen-bond donors (Lipinski definition) is 2. The molecule has 18 heavy (non-hydrogen) atoms. The second kappa shape index (κ2) is 5.09. The number of ether oxygens (including phenoxy) is 1. The van der Waals surface area contributed by atoms with Gasteiger partial charge in [0.05, 0.1) is 18.9 Å². The highest BCUT2D eigenvalue weighted by atomic mass is 32.2. The molecule has 8 heteroatoms. The fraction of sp³-hybridized carbons (Fsp3) is 0.400. The molecule has 0 atom stereocenters. The minimum absolute atomic E-state index is 0.0529. The average Bonchev–Trinajstić information content (AvgIpc) is 2.34. The molecule has 2 N–H and O–H groups in total. The Morgan fingerprint density at radius 3 is 2.61 bits per heavy atom. The normalized spacial score (nSPS) is 17.6. The van der Waals surface area contributed by atoms with E-state index in [1.54, 1.807) is 0 Å². The summed E-state index contributed by atoms with van der Waals surface area (Å²) in [5.41, 5.74) is -0.0529. The predicted molar refractivity (Wildman–Crippen MR) is 63.0 cm³/mol. The second-order valence-electron chi connectivity index (χ2n) is 3.78. The van der Waals surface area contributed by atoms with E-state index in [-0.39, 0.29) is 18.8 Å². The quantitative estimate of drug-likeness (QED) is 0.789. The van der Waals surface area contributed by atoms with Crippen LogP contribution in [0.25, 0.3) is 0 Å². The maximum Gasteiger partial charge on any atom is 0.301 e. The number of aromatic hydroxyl groups is 1. The lowest BCUT2D eigenvalue weighted by molar-refractivity contribution is 0.0733. The lowest BCUT2D eigenvalue weighted by Crippen LogP contribution is -2.43. The van der Waals surface area contributed by atoms with E-state index >= 15 is 0 Å². The van der Waals surface area contributed by atoms with E-state index in [9.17, 15) is 17.9 Å². The SMILES string of the molecule is O=S(=O)(Nc1ccc(F)cc1O)N1CCOCC1. The van der Waals surface area contributed by atoms with Crippen LogP contribution in [0.1, 0.15) is 0 Å².